The van der Waals surface area contributed by atoms with Crippen molar-refractivity contribution in [1.29, 1.82) is 0 Å². The molecule has 0 saturated carbocycles. The Balaban J connectivity index is 1.58. The molecule has 0 bridgehead atoms. The Morgan fingerprint density at radius 2 is 1.67 bits per heavy atom. The molecule has 0 aliphatic carbocycles. The van der Waals surface area contributed by atoms with E-state index in [0.29, 0.717) is 17.0 Å². The maximum absolute atomic E-state index is 12.3. The lowest BCUT2D eigenvalue weighted by Gasteiger charge is -2.05. The first-order valence-electron chi connectivity index (χ1n) is 9.49. The van der Waals surface area contributed by atoms with Gasteiger partial charge in [-0.05, 0) is 29.3 Å². The first-order valence-corrected chi connectivity index (χ1v) is 9.49. The van der Waals surface area contributed by atoms with Crippen LogP contribution in [0, 0.1) is 0 Å². The maximum atomic E-state index is 12.3. The van der Waals surface area contributed by atoms with Crippen LogP contribution in [-0.4, -0.2) is 21.8 Å². The highest BCUT2D eigenvalue weighted by molar-refractivity contribution is 6.24. The summed E-state index contributed by atoms with van der Waals surface area (Å²) in [5, 5.41) is 3.64. The SMILES string of the molecule is NC(=O)C(=Cc1c[nH]c2nc(NC(=O)Cc3ccccc3)ccc12)c1ccccc1. The number of nitrogens with zero attached hydrogens (tertiary/aromatic N) is 1. The number of fused-ring (bicyclic) bond motifs is 1. The minimum absolute atomic E-state index is 0.139. The fourth-order valence-electron chi connectivity index (χ4n) is 3.25. The number of hydrogen-bond donors (Lipinski definition) is 3. The van der Waals surface area contributed by atoms with Gasteiger partial charge in [0.25, 0.3) is 0 Å². The van der Waals surface area contributed by atoms with Crippen LogP contribution >= 0.6 is 0 Å². The predicted molar refractivity (Wildman–Crippen MR) is 118 cm³/mol. The number of primary amides is 1. The topological polar surface area (TPSA) is 101 Å². The largest absolute Gasteiger partial charge is 0.366 e. The number of nitrogens with two attached hydrogens (primary N) is 1. The molecule has 0 aliphatic heterocycles. The van der Waals surface area contributed by atoms with E-state index in [9.17, 15) is 9.59 Å². The van der Waals surface area contributed by atoms with Gasteiger partial charge in [0, 0.05) is 22.7 Å². The normalized spacial score (nSPS) is 11.4. The van der Waals surface area contributed by atoms with Crippen molar-refractivity contribution in [1.82, 2.24) is 9.97 Å². The second-order valence-corrected chi connectivity index (χ2v) is 6.84. The van der Waals surface area contributed by atoms with E-state index in [2.05, 4.69) is 15.3 Å². The van der Waals surface area contributed by atoms with Gasteiger partial charge >= 0.3 is 0 Å². The number of anilines is 1. The molecule has 0 unspecified atom stereocenters. The van der Waals surface area contributed by atoms with E-state index in [1.807, 2.05) is 66.7 Å². The summed E-state index contributed by atoms with van der Waals surface area (Å²) in [6.45, 7) is 0. The third-order valence-corrected chi connectivity index (χ3v) is 4.70. The summed E-state index contributed by atoms with van der Waals surface area (Å²) in [4.78, 5) is 31.8. The Kier molecular flexibility index (Phi) is 5.39. The fraction of sp³-hybridized carbons (Fsp3) is 0.0417. The molecule has 0 fully saturated rings. The lowest BCUT2D eigenvalue weighted by Crippen LogP contribution is -2.15. The molecule has 30 heavy (non-hydrogen) atoms. The molecule has 2 amide bonds. The molecule has 2 aromatic heterocycles. The lowest BCUT2D eigenvalue weighted by molar-refractivity contribution is -0.115. The van der Waals surface area contributed by atoms with E-state index < -0.39 is 5.91 Å². The number of carbonyl (C=O) groups is 2. The molecule has 4 rings (SSSR count). The minimum atomic E-state index is -0.506. The van der Waals surface area contributed by atoms with Crippen LogP contribution in [0.4, 0.5) is 5.82 Å². The van der Waals surface area contributed by atoms with Crippen LogP contribution in [0.2, 0.25) is 0 Å². The van der Waals surface area contributed by atoms with Crippen molar-refractivity contribution in [3.05, 3.63) is 95.7 Å². The number of H-pyrrole nitrogens is 1. The molecular formula is C24H20N4O2. The molecule has 0 saturated heterocycles. The van der Waals surface area contributed by atoms with Gasteiger partial charge in [-0.2, -0.15) is 0 Å². The first kappa shape index (κ1) is 19.1. The van der Waals surface area contributed by atoms with Crippen LogP contribution in [0.3, 0.4) is 0 Å². The number of hydrogen-bond acceptors (Lipinski definition) is 3. The quantitative estimate of drug-likeness (QED) is 0.433. The molecule has 148 valence electrons. The number of nitrogens with one attached hydrogen (secondary N) is 2. The van der Waals surface area contributed by atoms with Crippen molar-refractivity contribution < 1.29 is 9.59 Å². The smallest absolute Gasteiger partial charge is 0.249 e. The Labute approximate surface area is 173 Å². The summed E-state index contributed by atoms with van der Waals surface area (Å²) < 4.78 is 0. The van der Waals surface area contributed by atoms with Gasteiger partial charge in [-0.25, -0.2) is 4.98 Å². The second-order valence-electron chi connectivity index (χ2n) is 6.84. The third-order valence-electron chi connectivity index (χ3n) is 4.70. The van der Waals surface area contributed by atoms with E-state index in [4.69, 9.17) is 5.73 Å². The number of pyridine rings is 1. The molecule has 4 aromatic rings. The van der Waals surface area contributed by atoms with Gasteiger partial charge in [0.2, 0.25) is 11.8 Å². The zero-order chi connectivity index (χ0) is 20.9. The maximum Gasteiger partial charge on any atom is 0.249 e. The van der Waals surface area contributed by atoms with E-state index >= 15 is 0 Å². The van der Waals surface area contributed by atoms with Crippen molar-refractivity contribution in [2.24, 2.45) is 5.73 Å². The molecule has 6 heteroatoms. The Bertz CT molecular complexity index is 1230. The van der Waals surface area contributed by atoms with Gasteiger partial charge in [0.1, 0.15) is 11.5 Å². The molecule has 0 aliphatic rings. The minimum Gasteiger partial charge on any atom is -0.366 e. The zero-order valence-corrected chi connectivity index (χ0v) is 16.1. The van der Waals surface area contributed by atoms with Crippen LogP contribution in [0.15, 0.2) is 79.0 Å². The standard InChI is InChI=1S/C24H20N4O2/c25-23(30)20(17-9-5-2-6-10-17)14-18-15-26-24-19(18)11-12-21(28-24)27-22(29)13-16-7-3-1-4-8-16/h1-12,14-15H,13H2,(H2,25,30)(H2,26,27,28,29). The van der Waals surface area contributed by atoms with Gasteiger partial charge in [-0.1, -0.05) is 60.7 Å². The summed E-state index contributed by atoms with van der Waals surface area (Å²) in [6.07, 6.45) is 3.78. The second kappa shape index (κ2) is 8.45. The van der Waals surface area contributed by atoms with Gasteiger partial charge in [0.05, 0.1) is 6.42 Å². The molecule has 4 N–H and O–H groups in total. The lowest BCUT2D eigenvalue weighted by atomic mass is 10.0. The third kappa shape index (κ3) is 4.28. The summed E-state index contributed by atoms with van der Waals surface area (Å²) in [7, 11) is 0. The summed E-state index contributed by atoms with van der Waals surface area (Å²) in [5.74, 6) is -0.188. The number of rotatable bonds is 6. The molecule has 0 radical (unpaired) electrons. The van der Waals surface area contributed by atoms with Crippen molar-refractivity contribution in [3.8, 4) is 0 Å². The highest BCUT2D eigenvalue weighted by Gasteiger charge is 2.12. The summed E-state index contributed by atoms with van der Waals surface area (Å²) in [6, 6.07) is 22.4. The highest BCUT2D eigenvalue weighted by atomic mass is 16.2. The van der Waals surface area contributed by atoms with Crippen LogP contribution in [0.1, 0.15) is 16.7 Å². The van der Waals surface area contributed by atoms with Gasteiger partial charge in [-0.3, -0.25) is 9.59 Å². The molecule has 2 heterocycles. The molecular weight excluding hydrogens is 376 g/mol. The number of aromatic amines is 1. The number of benzene rings is 2. The van der Waals surface area contributed by atoms with Crippen molar-refractivity contribution in [2.45, 2.75) is 6.42 Å². The summed E-state index contributed by atoms with van der Waals surface area (Å²) in [5.41, 5.74) is 9.08. The van der Waals surface area contributed by atoms with Crippen LogP contribution < -0.4 is 11.1 Å². The van der Waals surface area contributed by atoms with Crippen molar-refractivity contribution in [3.63, 3.8) is 0 Å². The van der Waals surface area contributed by atoms with E-state index in [0.717, 1.165) is 22.1 Å². The van der Waals surface area contributed by atoms with Gasteiger partial charge in [0.15, 0.2) is 0 Å². The monoisotopic (exact) mass is 396 g/mol. The Morgan fingerprint density at radius 3 is 2.37 bits per heavy atom. The molecule has 2 aromatic carbocycles. The molecule has 0 spiro atoms. The Morgan fingerprint density at radius 1 is 0.967 bits per heavy atom. The predicted octanol–water partition coefficient (Wildman–Crippen LogP) is 3.77. The van der Waals surface area contributed by atoms with E-state index in [-0.39, 0.29) is 12.3 Å². The van der Waals surface area contributed by atoms with Crippen molar-refractivity contribution >= 4 is 40.3 Å². The van der Waals surface area contributed by atoms with Crippen LogP contribution in [0.5, 0.6) is 0 Å². The van der Waals surface area contributed by atoms with Gasteiger partial charge < -0.3 is 16.0 Å². The fourth-order valence-corrected chi connectivity index (χ4v) is 3.25. The highest BCUT2D eigenvalue weighted by Crippen LogP contribution is 2.24. The van der Waals surface area contributed by atoms with Crippen LogP contribution in [0.25, 0.3) is 22.7 Å². The molecule has 6 nitrogen and oxygen atoms in total. The van der Waals surface area contributed by atoms with E-state index in [1.165, 1.54) is 0 Å². The van der Waals surface area contributed by atoms with E-state index in [1.54, 1.807) is 18.3 Å². The average Bonchev–Trinajstić information content (AvgIpc) is 3.15. The van der Waals surface area contributed by atoms with Crippen molar-refractivity contribution in [2.75, 3.05) is 5.32 Å². The average molecular weight is 396 g/mol. The number of aromatic nitrogens is 2. The zero-order valence-electron chi connectivity index (χ0n) is 16.1. The molecule has 0 atom stereocenters. The summed E-state index contributed by atoms with van der Waals surface area (Å²) >= 11 is 0. The first-order chi connectivity index (χ1) is 14.6. The number of amides is 2. The Hall–Kier alpha value is -4.19. The van der Waals surface area contributed by atoms with Gasteiger partial charge in [-0.15, -0.1) is 0 Å². The van der Waals surface area contributed by atoms with Crippen LogP contribution in [-0.2, 0) is 16.0 Å². The number of carbonyl (C=O) groups excluding carboxylic acids is 2.